The Labute approximate surface area is 189 Å². The van der Waals surface area contributed by atoms with Crippen LogP contribution in [0.15, 0.2) is 69.1 Å². The van der Waals surface area contributed by atoms with Gasteiger partial charge in [-0.2, -0.15) is 0 Å². The number of rotatable bonds is 3. The molecule has 3 aromatic rings. The number of nitrogens with one attached hydrogen (secondary N) is 1. The molecule has 0 bridgehead atoms. The van der Waals surface area contributed by atoms with E-state index in [9.17, 15) is 14.0 Å². The van der Waals surface area contributed by atoms with Gasteiger partial charge in [0.1, 0.15) is 22.9 Å². The molecule has 30 heavy (non-hydrogen) atoms. The van der Waals surface area contributed by atoms with E-state index in [0.717, 1.165) is 14.9 Å². The Morgan fingerprint density at radius 1 is 1.13 bits per heavy atom. The molecule has 5 nitrogen and oxygen atoms in total. The fourth-order valence-corrected chi connectivity index (χ4v) is 3.59. The van der Waals surface area contributed by atoms with Crippen LogP contribution in [0.2, 0.25) is 5.02 Å². The van der Waals surface area contributed by atoms with Crippen molar-refractivity contribution < 1.29 is 18.4 Å². The Hall–Kier alpha value is -2.81. The highest BCUT2D eigenvalue weighted by molar-refractivity contribution is 9.10. The summed E-state index contributed by atoms with van der Waals surface area (Å²) in [6.45, 7) is 0. The van der Waals surface area contributed by atoms with Crippen LogP contribution < -0.4 is 10.2 Å². The Morgan fingerprint density at radius 3 is 2.63 bits per heavy atom. The van der Waals surface area contributed by atoms with Gasteiger partial charge in [-0.3, -0.25) is 14.9 Å². The number of para-hydroxylation sites is 1. The SMILES string of the molecule is O=C1NC(=S)N(c2ccccc2F)C(=O)/C1=C/c1ccc(-c2ccc(Br)c(Cl)c2)o1. The fourth-order valence-electron chi connectivity index (χ4n) is 2.89. The first-order valence-corrected chi connectivity index (χ1v) is 10.1. The van der Waals surface area contributed by atoms with E-state index >= 15 is 0 Å². The van der Waals surface area contributed by atoms with Gasteiger partial charge >= 0.3 is 0 Å². The van der Waals surface area contributed by atoms with Crippen LogP contribution in [0.5, 0.6) is 0 Å². The lowest BCUT2D eigenvalue weighted by molar-refractivity contribution is -0.122. The van der Waals surface area contributed by atoms with Crippen LogP contribution in [-0.2, 0) is 9.59 Å². The van der Waals surface area contributed by atoms with Crippen molar-refractivity contribution in [1.82, 2.24) is 5.32 Å². The largest absolute Gasteiger partial charge is 0.457 e. The number of furan rings is 1. The molecule has 0 radical (unpaired) electrons. The summed E-state index contributed by atoms with van der Waals surface area (Å²) in [5.41, 5.74) is 0.436. The Kier molecular flexibility index (Phi) is 5.55. The Balaban J connectivity index is 1.69. The Morgan fingerprint density at radius 2 is 1.90 bits per heavy atom. The molecule has 0 unspecified atom stereocenters. The van der Waals surface area contributed by atoms with Crippen LogP contribution in [0.3, 0.4) is 0 Å². The van der Waals surface area contributed by atoms with Crippen LogP contribution >= 0.6 is 39.7 Å². The number of benzene rings is 2. The smallest absolute Gasteiger partial charge is 0.270 e. The highest BCUT2D eigenvalue weighted by Gasteiger charge is 2.35. The molecule has 0 saturated carbocycles. The molecule has 0 atom stereocenters. The van der Waals surface area contributed by atoms with Gasteiger partial charge in [0.25, 0.3) is 11.8 Å². The molecule has 150 valence electrons. The minimum Gasteiger partial charge on any atom is -0.457 e. The molecule has 1 aromatic heterocycles. The van der Waals surface area contributed by atoms with Crippen LogP contribution in [0.4, 0.5) is 10.1 Å². The maximum absolute atomic E-state index is 14.2. The van der Waals surface area contributed by atoms with Gasteiger partial charge in [0, 0.05) is 10.0 Å². The van der Waals surface area contributed by atoms with E-state index in [4.69, 9.17) is 28.2 Å². The van der Waals surface area contributed by atoms with E-state index in [-0.39, 0.29) is 22.1 Å². The van der Waals surface area contributed by atoms with Gasteiger partial charge in [0.15, 0.2) is 5.11 Å². The number of nitrogens with zero attached hydrogens (tertiary/aromatic N) is 1. The lowest BCUT2D eigenvalue weighted by Crippen LogP contribution is -2.54. The molecule has 1 saturated heterocycles. The normalized spacial score (nSPS) is 15.6. The molecular formula is C21H11BrClFN2O3S. The second-order valence-electron chi connectivity index (χ2n) is 6.24. The summed E-state index contributed by atoms with van der Waals surface area (Å²) >= 11 is 14.5. The summed E-state index contributed by atoms with van der Waals surface area (Å²) in [5.74, 6) is -1.32. The van der Waals surface area contributed by atoms with E-state index in [1.165, 1.54) is 24.3 Å². The molecule has 9 heteroatoms. The van der Waals surface area contributed by atoms with Gasteiger partial charge in [-0.05, 0) is 70.6 Å². The van der Waals surface area contributed by atoms with Gasteiger partial charge in [0.2, 0.25) is 0 Å². The predicted octanol–water partition coefficient (Wildman–Crippen LogP) is 5.33. The van der Waals surface area contributed by atoms with Crippen LogP contribution in [-0.4, -0.2) is 16.9 Å². The zero-order valence-electron chi connectivity index (χ0n) is 15.0. The summed E-state index contributed by atoms with van der Waals surface area (Å²) < 4.78 is 20.7. The fraction of sp³-hybridized carbons (Fsp3) is 0. The summed E-state index contributed by atoms with van der Waals surface area (Å²) in [6.07, 6.45) is 1.29. The average Bonchev–Trinajstić information content (AvgIpc) is 3.17. The summed E-state index contributed by atoms with van der Waals surface area (Å²) in [7, 11) is 0. The summed E-state index contributed by atoms with van der Waals surface area (Å²) in [6, 6.07) is 14.3. The minimum absolute atomic E-state index is 0.0527. The summed E-state index contributed by atoms with van der Waals surface area (Å²) in [5, 5.41) is 2.72. The van der Waals surface area contributed by atoms with E-state index in [2.05, 4.69) is 21.2 Å². The maximum Gasteiger partial charge on any atom is 0.270 e. The number of thiocarbonyl (C=S) groups is 1. The topological polar surface area (TPSA) is 62.6 Å². The van der Waals surface area contributed by atoms with Gasteiger partial charge in [0.05, 0.1) is 10.7 Å². The number of amides is 2. The molecule has 4 rings (SSSR count). The van der Waals surface area contributed by atoms with Gasteiger partial charge in [-0.15, -0.1) is 0 Å². The van der Waals surface area contributed by atoms with Crippen molar-refractivity contribution in [2.45, 2.75) is 0 Å². The first-order chi connectivity index (χ1) is 14.3. The number of halogens is 3. The molecule has 2 aromatic carbocycles. The molecule has 1 aliphatic rings. The van der Waals surface area contributed by atoms with E-state index in [1.807, 2.05) is 6.07 Å². The monoisotopic (exact) mass is 504 g/mol. The number of hydrogen-bond donors (Lipinski definition) is 1. The molecule has 0 aliphatic carbocycles. The lowest BCUT2D eigenvalue weighted by atomic mass is 10.1. The minimum atomic E-state index is -0.751. The average molecular weight is 506 g/mol. The third-order valence-electron chi connectivity index (χ3n) is 4.31. The first-order valence-electron chi connectivity index (χ1n) is 8.56. The quantitative estimate of drug-likeness (QED) is 0.297. The highest BCUT2D eigenvalue weighted by Crippen LogP contribution is 2.31. The van der Waals surface area contributed by atoms with Crippen molar-refractivity contribution in [3.63, 3.8) is 0 Å². The van der Waals surface area contributed by atoms with Crippen molar-refractivity contribution in [2.75, 3.05) is 4.90 Å². The van der Waals surface area contributed by atoms with Crippen LogP contribution in [0, 0.1) is 5.82 Å². The maximum atomic E-state index is 14.2. The molecule has 1 fully saturated rings. The second kappa shape index (κ2) is 8.14. The first kappa shape index (κ1) is 20.5. The zero-order valence-corrected chi connectivity index (χ0v) is 18.1. The van der Waals surface area contributed by atoms with Crippen LogP contribution in [0.1, 0.15) is 5.76 Å². The molecule has 0 spiro atoms. The molecule has 1 N–H and O–H groups in total. The molecular weight excluding hydrogens is 495 g/mol. The molecule has 1 aliphatic heterocycles. The van der Waals surface area contributed by atoms with Gasteiger partial charge in [-0.1, -0.05) is 29.8 Å². The number of carbonyl (C=O) groups excluding carboxylic acids is 2. The third-order valence-corrected chi connectivity index (χ3v) is 5.83. The van der Waals surface area contributed by atoms with Crippen molar-refractivity contribution in [1.29, 1.82) is 0 Å². The number of carbonyl (C=O) groups is 2. The van der Waals surface area contributed by atoms with Crippen molar-refractivity contribution >= 4 is 68.4 Å². The number of anilines is 1. The van der Waals surface area contributed by atoms with Crippen LogP contribution in [0.25, 0.3) is 17.4 Å². The van der Waals surface area contributed by atoms with Crippen molar-refractivity contribution in [3.8, 4) is 11.3 Å². The number of hydrogen-bond acceptors (Lipinski definition) is 4. The van der Waals surface area contributed by atoms with Crippen molar-refractivity contribution in [3.05, 3.63) is 81.2 Å². The predicted molar refractivity (Wildman–Crippen MR) is 119 cm³/mol. The van der Waals surface area contributed by atoms with Gasteiger partial charge < -0.3 is 4.42 Å². The van der Waals surface area contributed by atoms with Gasteiger partial charge in [-0.25, -0.2) is 9.29 Å². The standard InChI is InChI=1S/C21H11BrClFN2O3S/c22-14-7-5-11(9-15(14)23)18-8-6-12(29-18)10-13-19(27)25-21(30)26(20(13)28)17-4-2-1-3-16(17)24/h1-10H,(H,25,27,30)/b13-10+. The zero-order chi connectivity index (χ0) is 21.4. The van der Waals surface area contributed by atoms with E-state index in [1.54, 1.807) is 30.3 Å². The van der Waals surface area contributed by atoms with E-state index in [0.29, 0.717) is 10.8 Å². The lowest BCUT2D eigenvalue weighted by Gasteiger charge is -2.28. The highest BCUT2D eigenvalue weighted by atomic mass is 79.9. The summed E-state index contributed by atoms with van der Waals surface area (Å²) in [4.78, 5) is 26.2. The van der Waals surface area contributed by atoms with Crippen molar-refractivity contribution in [2.24, 2.45) is 0 Å². The Bertz CT molecular complexity index is 1240. The molecule has 2 heterocycles. The van der Waals surface area contributed by atoms with E-state index < -0.39 is 17.6 Å². The molecule has 2 amide bonds. The third kappa shape index (κ3) is 3.81. The second-order valence-corrected chi connectivity index (χ2v) is 7.89.